The normalized spacial score (nSPS) is 18.1. The van der Waals surface area contributed by atoms with Crippen LogP contribution in [0.15, 0.2) is 65.7 Å². The molecule has 9 nitrogen and oxygen atoms in total. The molecule has 2 aromatic heterocycles. The number of aromatic nitrogens is 3. The molecule has 9 heteroatoms. The summed E-state index contributed by atoms with van der Waals surface area (Å²) in [5.74, 6) is -0.617. The van der Waals surface area contributed by atoms with E-state index in [-0.39, 0.29) is 23.8 Å². The van der Waals surface area contributed by atoms with Crippen molar-refractivity contribution in [1.29, 1.82) is 0 Å². The number of carbonyl (C=O) groups excluding carboxylic acids is 2. The van der Waals surface area contributed by atoms with E-state index >= 15 is 0 Å². The molecule has 2 aromatic carbocycles. The monoisotopic (exact) mass is 526 g/mol. The van der Waals surface area contributed by atoms with E-state index < -0.39 is 11.9 Å². The first kappa shape index (κ1) is 26.5. The van der Waals surface area contributed by atoms with Gasteiger partial charge in [0.05, 0.1) is 22.6 Å². The number of nitrogens with one attached hydrogen (secondary N) is 2. The standard InChI is InChI=1S/C30H34N6O3/c1-18-17-33-12-11-24(18)22-4-2-3-20(13-22)14-26(32)30(39)36(29(38)21-7-5-19(16-31)6-8-21)23-9-10-25-27(15-23)34-35-28(25)37/h2-4,9-13,15,17,19,21,26H,5-8,14,16,31-32H2,1H3,(H2,34,35,37)/t19?,21?,26-/m0/s1. The molecule has 0 saturated heterocycles. The molecule has 1 saturated carbocycles. The van der Waals surface area contributed by atoms with Crippen molar-refractivity contribution in [3.05, 3.63) is 82.4 Å². The highest BCUT2D eigenvalue weighted by atomic mass is 16.2. The molecule has 1 fully saturated rings. The molecular formula is C30H34N6O3. The van der Waals surface area contributed by atoms with Crippen LogP contribution in [0.4, 0.5) is 5.69 Å². The number of benzene rings is 2. The summed E-state index contributed by atoms with van der Waals surface area (Å²) < 4.78 is 0. The lowest BCUT2D eigenvalue weighted by Gasteiger charge is -2.32. The molecule has 1 aliphatic carbocycles. The Morgan fingerprint density at radius 1 is 1.08 bits per heavy atom. The predicted molar refractivity (Wildman–Crippen MR) is 152 cm³/mol. The lowest BCUT2D eigenvalue weighted by molar-refractivity contribution is -0.130. The van der Waals surface area contributed by atoms with Gasteiger partial charge in [-0.3, -0.25) is 29.6 Å². The maximum atomic E-state index is 13.9. The summed E-state index contributed by atoms with van der Waals surface area (Å²) in [7, 11) is 0. The van der Waals surface area contributed by atoms with Crippen LogP contribution in [0, 0.1) is 18.8 Å². The second kappa shape index (κ2) is 11.3. The van der Waals surface area contributed by atoms with Gasteiger partial charge < -0.3 is 11.5 Å². The summed E-state index contributed by atoms with van der Waals surface area (Å²) in [4.78, 5) is 45.1. The fourth-order valence-corrected chi connectivity index (χ4v) is 5.53. The number of fused-ring (bicyclic) bond motifs is 1. The minimum atomic E-state index is -0.941. The molecule has 2 amide bonds. The number of aryl methyl sites for hydroxylation is 1. The third kappa shape index (κ3) is 5.55. The highest BCUT2D eigenvalue weighted by Gasteiger charge is 2.35. The topological polar surface area (TPSA) is 151 Å². The Morgan fingerprint density at radius 2 is 1.87 bits per heavy atom. The van der Waals surface area contributed by atoms with E-state index in [1.807, 2.05) is 43.5 Å². The fraction of sp³-hybridized carbons (Fsp3) is 0.333. The highest BCUT2D eigenvalue weighted by Crippen LogP contribution is 2.32. The van der Waals surface area contributed by atoms with Crippen molar-refractivity contribution < 1.29 is 9.59 Å². The summed E-state index contributed by atoms with van der Waals surface area (Å²) in [5.41, 5.74) is 17.0. The molecule has 202 valence electrons. The Balaban J connectivity index is 1.43. The number of carbonyl (C=O) groups is 2. The summed E-state index contributed by atoms with van der Waals surface area (Å²) in [5, 5.41) is 5.81. The minimum absolute atomic E-state index is 0.260. The molecule has 39 heavy (non-hydrogen) atoms. The molecule has 0 radical (unpaired) electrons. The number of H-pyrrole nitrogens is 2. The van der Waals surface area contributed by atoms with Crippen molar-refractivity contribution in [2.75, 3.05) is 11.4 Å². The number of amides is 2. The first-order valence-corrected chi connectivity index (χ1v) is 13.4. The van der Waals surface area contributed by atoms with Gasteiger partial charge in [-0.05, 0) is 98.0 Å². The number of imide groups is 1. The zero-order valence-corrected chi connectivity index (χ0v) is 22.0. The number of nitrogens with zero attached hydrogens (tertiary/aromatic N) is 2. The fourth-order valence-electron chi connectivity index (χ4n) is 5.53. The van der Waals surface area contributed by atoms with E-state index in [0.717, 1.165) is 35.1 Å². The third-order valence-electron chi connectivity index (χ3n) is 7.82. The molecule has 4 aromatic rings. The van der Waals surface area contributed by atoms with Gasteiger partial charge in [0.2, 0.25) is 5.91 Å². The minimum Gasteiger partial charge on any atom is -0.330 e. The third-order valence-corrected chi connectivity index (χ3v) is 7.82. The zero-order chi connectivity index (χ0) is 27.5. The van der Waals surface area contributed by atoms with Gasteiger partial charge >= 0.3 is 0 Å². The van der Waals surface area contributed by atoms with Crippen LogP contribution in [-0.2, 0) is 16.0 Å². The Labute approximate surface area is 226 Å². The second-order valence-electron chi connectivity index (χ2n) is 10.5. The summed E-state index contributed by atoms with van der Waals surface area (Å²) in [6.45, 7) is 2.60. The number of nitrogens with two attached hydrogens (primary N) is 2. The van der Waals surface area contributed by atoms with Crippen LogP contribution in [-0.4, -0.2) is 39.6 Å². The Kier molecular flexibility index (Phi) is 7.72. The molecule has 2 heterocycles. The first-order chi connectivity index (χ1) is 18.9. The SMILES string of the molecule is Cc1cnccc1-c1cccc(C[C@H](N)C(=O)N(C(=O)C2CCC(CN)CC2)c2ccc3c(=O)[nH][nH]c3c2)c1. The van der Waals surface area contributed by atoms with Crippen molar-refractivity contribution in [2.45, 2.75) is 45.1 Å². The van der Waals surface area contributed by atoms with Gasteiger partial charge in [-0.25, -0.2) is 4.90 Å². The number of rotatable bonds is 7. The number of hydrogen-bond donors (Lipinski definition) is 4. The van der Waals surface area contributed by atoms with Crippen LogP contribution >= 0.6 is 0 Å². The van der Waals surface area contributed by atoms with Gasteiger partial charge in [-0.2, -0.15) is 0 Å². The van der Waals surface area contributed by atoms with E-state index in [4.69, 9.17) is 11.5 Å². The molecule has 0 unspecified atom stereocenters. The van der Waals surface area contributed by atoms with E-state index in [1.54, 1.807) is 24.4 Å². The quantitative estimate of drug-likeness (QED) is 0.290. The van der Waals surface area contributed by atoms with Gasteiger partial charge in [0.15, 0.2) is 0 Å². The van der Waals surface area contributed by atoms with Crippen molar-refractivity contribution in [3.8, 4) is 11.1 Å². The van der Waals surface area contributed by atoms with Crippen molar-refractivity contribution >= 4 is 28.4 Å². The molecular weight excluding hydrogens is 492 g/mol. The van der Waals surface area contributed by atoms with E-state index in [1.165, 1.54) is 4.90 Å². The Hall–Kier alpha value is -4.08. The molecule has 0 spiro atoms. The summed E-state index contributed by atoms with van der Waals surface area (Å²) in [6.07, 6.45) is 6.90. The summed E-state index contributed by atoms with van der Waals surface area (Å²) in [6, 6.07) is 13.8. The van der Waals surface area contributed by atoms with E-state index in [0.29, 0.717) is 41.9 Å². The lowest BCUT2D eigenvalue weighted by Crippen LogP contribution is -2.50. The molecule has 6 N–H and O–H groups in total. The van der Waals surface area contributed by atoms with Crippen LogP contribution in [0.3, 0.4) is 0 Å². The van der Waals surface area contributed by atoms with Crippen LogP contribution in [0.25, 0.3) is 22.0 Å². The van der Waals surface area contributed by atoms with Gasteiger partial charge in [-0.15, -0.1) is 0 Å². The average Bonchev–Trinajstić information content (AvgIpc) is 3.33. The van der Waals surface area contributed by atoms with Crippen LogP contribution in [0.2, 0.25) is 0 Å². The van der Waals surface area contributed by atoms with Gasteiger partial charge in [0.25, 0.3) is 11.5 Å². The van der Waals surface area contributed by atoms with Crippen molar-refractivity contribution in [3.63, 3.8) is 0 Å². The Morgan fingerprint density at radius 3 is 2.62 bits per heavy atom. The first-order valence-electron chi connectivity index (χ1n) is 13.4. The maximum absolute atomic E-state index is 13.9. The van der Waals surface area contributed by atoms with Gasteiger partial charge in [0, 0.05) is 18.3 Å². The van der Waals surface area contributed by atoms with Crippen LogP contribution < -0.4 is 21.9 Å². The van der Waals surface area contributed by atoms with Crippen molar-refractivity contribution in [1.82, 2.24) is 15.2 Å². The van der Waals surface area contributed by atoms with Crippen molar-refractivity contribution in [2.24, 2.45) is 23.3 Å². The molecule has 1 atom stereocenters. The average molecular weight is 527 g/mol. The molecule has 5 rings (SSSR count). The van der Waals surface area contributed by atoms with Gasteiger partial charge in [0.1, 0.15) is 0 Å². The number of aromatic amines is 2. The smallest absolute Gasteiger partial charge is 0.271 e. The van der Waals surface area contributed by atoms with Crippen LogP contribution in [0.1, 0.15) is 36.8 Å². The largest absolute Gasteiger partial charge is 0.330 e. The van der Waals surface area contributed by atoms with Gasteiger partial charge in [-0.1, -0.05) is 24.3 Å². The Bertz CT molecular complexity index is 1550. The second-order valence-corrected chi connectivity index (χ2v) is 10.5. The van der Waals surface area contributed by atoms with E-state index in [2.05, 4.69) is 15.2 Å². The molecule has 0 bridgehead atoms. The lowest BCUT2D eigenvalue weighted by atomic mass is 9.81. The highest BCUT2D eigenvalue weighted by molar-refractivity contribution is 6.17. The maximum Gasteiger partial charge on any atom is 0.271 e. The number of hydrogen-bond acceptors (Lipinski definition) is 6. The number of anilines is 1. The predicted octanol–water partition coefficient (Wildman–Crippen LogP) is 3.42. The van der Waals surface area contributed by atoms with E-state index in [9.17, 15) is 14.4 Å². The zero-order valence-electron chi connectivity index (χ0n) is 22.0. The van der Waals surface area contributed by atoms with Crippen LogP contribution in [0.5, 0.6) is 0 Å². The number of pyridine rings is 1. The molecule has 0 aliphatic heterocycles. The summed E-state index contributed by atoms with van der Waals surface area (Å²) >= 11 is 0. The molecule has 1 aliphatic rings.